The normalized spacial score (nSPS) is 10.9. The van der Waals surface area contributed by atoms with Crippen molar-refractivity contribution in [3.05, 3.63) is 370 Å². The first-order valence-corrected chi connectivity index (χ1v) is 45.6. The van der Waals surface area contributed by atoms with Crippen LogP contribution in [0.5, 0.6) is 11.5 Å². The van der Waals surface area contributed by atoms with Crippen molar-refractivity contribution in [1.29, 1.82) is 0 Å². The number of aliphatic hydroxyl groups is 4. The van der Waals surface area contributed by atoms with E-state index < -0.39 is 0 Å². The van der Waals surface area contributed by atoms with Crippen molar-refractivity contribution < 1.29 is 39.1 Å². The van der Waals surface area contributed by atoms with Crippen molar-refractivity contribution in [3.63, 3.8) is 0 Å². The molecule has 24 aromatic rings. The van der Waals surface area contributed by atoms with Gasteiger partial charge in [0, 0.05) is 53.6 Å². The Kier molecular flexibility index (Phi) is 30.0. The summed E-state index contributed by atoms with van der Waals surface area (Å²) in [4.78, 5) is 107. The number of nitrogens with zero attached hydrogens (tertiary/aromatic N) is 16. The second-order valence-corrected chi connectivity index (χ2v) is 33.6. The number of imidazole rings is 8. The maximum absolute atomic E-state index is 13.6. The quantitative estimate of drug-likeness (QED) is 0.0424. The summed E-state index contributed by atoms with van der Waals surface area (Å²) >= 11 is 0. The van der Waals surface area contributed by atoms with Gasteiger partial charge in [0.2, 0.25) is 0 Å². The zero-order chi connectivity index (χ0) is 99.6. The predicted molar refractivity (Wildman–Crippen MR) is 554 cm³/mol. The molecule has 12 N–H and O–H groups in total. The van der Waals surface area contributed by atoms with Gasteiger partial charge in [0.1, 0.15) is 62.6 Å². The number of hydrogen-bond acceptors (Lipinski definition) is 23. The molecule has 0 aliphatic rings. The van der Waals surface area contributed by atoms with E-state index in [2.05, 4.69) is 139 Å². The average molecular weight is 1900 g/mol. The van der Waals surface area contributed by atoms with Gasteiger partial charge in [-0.3, -0.25) is 19.7 Å². The first-order chi connectivity index (χ1) is 69.5. The average Bonchev–Trinajstić information content (AvgIpc) is 1.66. The number of fused-ring (bicyclic) bond motifs is 8. The number of nitrogens with one attached hydrogen (secondary N) is 8. The highest BCUT2D eigenvalue weighted by atomic mass is 19.1. The number of aromatic amines is 8. The molecule has 0 bridgehead atoms. The van der Waals surface area contributed by atoms with Crippen molar-refractivity contribution in [1.82, 2.24) is 120 Å². The van der Waals surface area contributed by atoms with E-state index in [9.17, 15) is 9.18 Å². The third-order valence-corrected chi connectivity index (χ3v) is 22.6. The zero-order valence-electron chi connectivity index (χ0n) is 79.7. The van der Waals surface area contributed by atoms with Gasteiger partial charge in [-0.2, -0.15) is 0 Å². The van der Waals surface area contributed by atoms with Crippen LogP contribution < -0.4 is 9.47 Å². The number of hydrogen-bond donors (Lipinski definition) is 12. The Morgan fingerprint density at radius 1 is 0.280 bits per heavy atom. The van der Waals surface area contributed by atoms with Crippen molar-refractivity contribution in [3.8, 4) is 104 Å². The molecule has 0 unspecified atom stereocenters. The van der Waals surface area contributed by atoms with Crippen LogP contribution in [0.1, 0.15) is 72.8 Å². The SMILES string of the molecule is COc1cccc2[nH]c(-c3cccc(C)n3)nc12.Cc1ccc2nc(-c3ncccc3C)[nH]c2c1.Cc1ccc2nc(-c3ncccc3F)[nH]c2c1.Cc1cccc(-c2nc3ccc(CO)cc3[nH]2)n1.Cc1cccc(-c2nc3ccc(CO)cc3[nH]2)n1.Cc1cccc(-c2nc3ccc(CO)cc3[nH]2)n1.Cc1ccnc(-c2nc3ccc(CO)cc3[nH]2)c1.Cc1ccnc(-c2nc3ccc(OC=O)cc3[nH]2)c1. The van der Waals surface area contributed by atoms with Crippen LogP contribution in [0.2, 0.25) is 0 Å². The molecule has 32 heteroatoms. The highest BCUT2D eigenvalue weighted by molar-refractivity contribution is 5.87. The number of ether oxygens (including phenoxy) is 2. The molecule has 16 heterocycles. The molecule has 16 aromatic heterocycles. The smallest absolute Gasteiger partial charge is 0.298 e. The molecule has 24 rings (SSSR count). The number of carbonyl (C=O) groups is 1. The van der Waals surface area contributed by atoms with E-state index in [4.69, 9.17) is 29.9 Å². The lowest BCUT2D eigenvalue weighted by molar-refractivity contribution is -0.120. The van der Waals surface area contributed by atoms with Crippen molar-refractivity contribution in [2.75, 3.05) is 7.11 Å². The summed E-state index contributed by atoms with van der Waals surface area (Å²) in [5.74, 6) is 6.65. The first kappa shape index (κ1) is 96.4. The molecule has 8 aromatic carbocycles. The van der Waals surface area contributed by atoms with Crippen LogP contribution in [0.15, 0.2) is 292 Å². The number of para-hydroxylation sites is 1. The standard InChI is InChI=1S/C14H11N3O2.5C14H13N3O.C14H13N3.C13H10FN3/c1-9-4-5-15-13(6-9)14-16-11-3-2-10(19-8-18)7-12(11)17-14;1-9-5-3-7-11(15-9)14-16-10-6-4-8-12(18-2)13(10)17-14;1-9-4-5-15-13(6-9)14-16-11-3-2-10(8-18)7-12(11)17-14;3*1-9-3-2-4-12(15-9)14-16-11-6-5-10(8-18)7-13(11)17-14;1-9-5-6-11-12(8-9)17-14(16-11)13-10(2)4-3-7-15-13;1-8-4-5-10-11(7-8)17-13(16-10)12-9(14)3-2-6-15-12/h2-8H,1H3,(H,16,17);3-8H,1-2H3,(H,16,17);4*2-7,18H,8H2,1H3,(H,16,17);3-8H,1-2H3,(H,16,17);2-7H,1H3,(H,16,17). The molecule has 0 fully saturated rings. The number of benzene rings is 8. The van der Waals surface area contributed by atoms with E-state index in [1.807, 2.05) is 280 Å². The third kappa shape index (κ3) is 23.8. The Hall–Kier alpha value is -18.2. The highest BCUT2D eigenvalue weighted by Gasteiger charge is 2.18. The molecule has 0 saturated carbocycles. The Labute approximate surface area is 818 Å². The Bertz CT molecular complexity index is 7990. The summed E-state index contributed by atoms with van der Waals surface area (Å²) in [6, 6.07) is 84.0. The summed E-state index contributed by atoms with van der Waals surface area (Å²) in [5.41, 5.74) is 33.5. The van der Waals surface area contributed by atoms with E-state index in [-0.39, 0.29) is 37.9 Å². The van der Waals surface area contributed by atoms with E-state index in [1.165, 1.54) is 11.6 Å². The molecule has 0 amide bonds. The Morgan fingerprint density at radius 2 is 0.601 bits per heavy atom. The van der Waals surface area contributed by atoms with Gasteiger partial charge in [-0.1, -0.05) is 72.8 Å². The summed E-state index contributed by atoms with van der Waals surface area (Å²) < 4.78 is 23.7. The number of aryl methyl sites for hydroxylation is 9. The van der Waals surface area contributed by atoms with Crippen LogP contribution in [0.3, 0.4) is 0 Å². The first-order valence-electron chi connectivity index (χ1n) is 45.6. The summed E-state index contributed by atoms with van der Waals surface area (Å²) in [6.45, 7) is 18.5. The molecule has 0 spiro atoms. The van der Waals surface area contributed by atoms with Gasteiger partial charge in [-0.25, -0.2) is 69.2 Å². The van der Waals surface area contributed by atoms with Crippen LogP contribution in [0.25, 0.3) is 180 Å². The van der Waals surface area contributed by atoms with E-state index >= 15 is 0 Å². The highest BCUT2D eigenvalue weighted by Crippen LogP contribution is 2.32. The zero-order valence-corrected chi connectivity index (χ0v) is 79.7. The molecular weight excluding hydrogens is 1800 g/mol. The lowest BCUT2D eigenvalue weighted by Gasteiger charge is -1.98. The third-order valence-electron chi connectivity index (χ3n) is 22.6. The fourth-order valence-electron chi connectivity index (χ4n) is 15.4. The lowest BCUT2D eigenvalue weighted by atomic mass is 10.2. The maximum atomic E-state index is 13.6. The van der Waals surface area contributed by atoms with E-state index in [0.717, 1.165) is 236 Å². The maximum Gasteiger partial charge on any atom is 0.298 e. The number of aliphatic hydroxyl groups excluding tert-OH is 4. The van der Waals surface area contributed by atoms with Crippen LogP contribution in [-0.4, -0.2) is 154 Å². The minimum atomic E-state index is -0.372. The van der Waals surface area contributed by atoms with Gasteiger partial charge in [0.15, 0.2) is 52.4 Å². The van der Waals surface area contributed by atoms with Gasteiger partial charge in [-0.15, -0.1) is 0 Å². The number of H-pyrrole nitrogens is 8. The number of rotatable bonds is 15. The fourth-order valence-corrected chi connectivity index (χ4v) is 15.4. The monoisotopic (exact) mass is 1900 g/mol. The van der Waals surface area contributed by atoms with Gasteiger partial charge >= 0.3 is 0 Å². The molecule has 143 heavy (non-hydrogen) atoms. The molecule has 0 atom stereocenters. The van der Waals surface area contributed by atoms with Crippen LogP contribution in [-0.2, 0) is 31.2 Å². The molecular formula is C111H99FN24O7. The van der Waals surface area contributed by atoms with Gasteiger partial charge < -0.3 is 69.8 Å². The molecule has 0 saturated heterocycles. The molecule has 0 aliphatic heterocycles. The van der Waals surface area contributed by atoms with E-state index in [0.29, 0.717) is 23.9 Å². The lowest BCUT2D eigenvalue weighted by Crippen LogP contribution is -1.89. The summed E-state index contributed by atoms with van der Waals surface area (Å²) in [6.07, 6.45) is 6.87. The Balaban J connectivity index is 0.000000112. The minimum absolute atomic E-state index is 0.0347. The predicted octanol–water partition coefficient (Wildman–Crippen LogP) is 21.4. The second kappa shape index (κ2) is 44.5. The van der Waals surface area contributed by atoms with Gasteiger partial charge in [-0.05, 0) is 300 Å². The largest absolute Gasteiger partial charge is 0.494 e. The van der Waals surface area contributed by atoms with E-state index in [1.54, 1.807) is 56.2 Å². The summed E-state index contributed by atoms with van der Waals surface area (Å²) in [5, 5.41) is 36.4. The van der Waals surface area contributed by atoms with Gasteiger partial charge in [0.05, 0.1) is 116 Å². The summed E-state index contributed by atoms with van der Waals surface area (Å²) in [7, 11) is 1.65. The van der Waals surface area contributed by atoms with Crippen molar-refractivity contribution in [2.24, 2.45) is 0 Å². The molecule has 0 radical (unpaired) electrons. The minimum Gasteiger partial charge on any atom is -0.494 e. The number of methoxy groups -OCH3 is 1. The molecule has 31 nitrogen and oxygen atoms in total. The molecule has 712 valence electrons. The van der Waals surface area contributed by atoms with Gasteiger partial charge in [0.25, 0.3) is 6.47 Å². The second-order valence-electron chi connectivity index (χ2n) is 33.6. The van der Waals surface area contributed by atoms with Crippen LogP contribution in [0, 0.1) is 68.1 Å². The van der Waals surface area contributed by atoms with Crippen molar-refractivity contribution >= 4 is 94.7 Å². The Morgan fingerprint density at radius 3 is 0.972 bits per heavy atom. The number of carbonyl (C=O) groups excluding carboxylic acids is 1. The fraction of sp³-hybridized carbons (Fsp3) is 0.126. The topological polar surface area (TPSA) is 449 Å². The number of aromatic nitrogens is 24. The van der Waals surface area contributed by atoms with Crippen LogP contribution in [0.4, 0.5) is 4.39 Å². The number of halogens is 1. The number of pyridine rings is 8. The van der Waals surface area contributed by atoms with Crippen LogP contribution >= 0.6 is 0 Å². The molecule has 0 aliphatic carbocycles. The van der Waals surface area contributed by atoms with Crippen molar-refractivity contribution in [2.45, 2.75) is 88.7 Å².